The van der Waals surface area contributed by atoms with Crippen molar-refractivity contribution < 1.29 is 14.3 Å². The summed E-state index contributed by atoms with van der Waals surface area (Å²) in [5.74, 6) is -0.793. The average Bonchev–Trinajstić information content (AvgIpc) is 3.20. The van der Waals surface area contributed by atoms with Crippen LogP contribution in [-0.2, 0) is 16.1 Å². The second-order valence-electron chi connectivity index (χ2n) is 6.41. The number of amides is 1. The second kappa shape index (κ2) is 8.10. The number of esters is 1. The molecular weight excluding hydrogens is 428 g/mol. The lowest BCUT2D eigenvalue weighted by atomic mass is 10.2. The van der Waals surface area contributed by atoms with Crippen molar-refractivity contribution in [2.45, 2.75) is 20.4 Å². The molecule has 0 bridgehead atoms. The smallest absolute Gasteiger partial charge is 0.326 e. The fourth-order valence-electron chi connectivity index (χ4n) is 3.04. The van der Waals surface area contributed by atoms with Crippen LogP contribution in [0.25, 0.3) is 20.3 Å². The molecule has 4 rings (SSSR count). The van der Waals surface area contributed by atoms with E-state index in [9.17, 15) is 9.59 Å². The molecule has 1 amide bonds. The van der Waals surface area contributed by atoms with Gasteiger partial charge in [0.15, 0.2) is 4.80 Å². The predicted octanol–water partition coefficient (Wildman–Crippen LogP) is 5.18. The van der Waals surface area contributed by atoms with E-state index in [0.717, 1.165) is 25.9 Å². The minimum absolute atomic E-state index is 0.0108. The quantitative estimate of drug-likeness (QED) is 0.407. The van der Waals surface area contributed by atoms with E-state index in [1.54, 1.807) is 11.5 Å². The number of fused-ring (bicyclic) bond motifs is 2. The summed E-state index contributed by atoms with van der Waals surface area (Å²) in [6.45, 7) is 4.04. The zero-order valence-electron chi connectivity index (χ0n) is 15.8. The monoisotopic (exact) mass is 444 g/mol. The number of hydrogen-bond acceptors (Lipinski definition) is 5. The van der Waals surface area contributed by atoms with Gasteiger partial charge in [0.2, 0.25) is 0 Å². The molecule has 0 aliphatic rings. The van der Waals surface area contributed by atoms with Crippen molar-refractivity contribution in [3.8, 4) is 0 Å². The van der Waals surface area contributed by atoms with Gasteiger partial charge >= 0.3 is 5.97 Å². The van der Waals surface area contributed by atoms with Crippen LogP contribution in [-0.4, -0.2) is 23.1 Å². The van der Waals surface area contributed by atoms with Gasteiger partial charge in [-0.05, 0) is 37.6 Å². The number of rotatable bonds is 4. The van der Waals surface area contributed by atoms with Crippen molar-refractivity contribution in [2.24, 2.45) is 4.99 Å². The number of benzene rings is 2. The number of thiophene rings is 1. The van der Waals surface area contributed by atoms with E-state index in [2.05, 4.69) is 4.99 Å². The van der Waals surface area contributed by atoms with Gasteiger partial charge in [-0.3, -0.25) is 9.59 Å². The first kappa shape index (κ1) is 19.8. The molecule has 0 atom stereocenters. The zero-order valence-corrected chi connectivity index (χ0v) is 18.2. The summed E-state index contributed by atoms with van der Waals surface area (Å²) in [7, 11) is 0. The Bertz CT molecular complexity index is 1320. The summed E-state index contributed by atoms with van der Waals surface area (Å²) in [6, 6.07) is 13.5. The molecule has 0 saturated carbocycles. The molecule has 0 aliphatic carbocycles. The van der Waals surface area contributed by atoms with Gasteiger partial charge in [0.05, 0.1) is 21.8 Å². The summed E-state index contributed by atoms with van der Waals surface area (Å²) < 4.78 is 8.69. The maximum atomic E-state index is 12.9. The molecule has 8 heteroatoms. The van der Waals surface area contributed by atoms with E-state index in [1.807, 2.05) is 49.4 Å². The number of aromatic nitrogens is 1. The Balaban J connectivity index is 1.84. The van der Waals surface area contributed by atoms with E-state index >= 15 is 0 Å². The Labute approximate surface area is 179 Å². The minimum atomic E-state index is -0.419. The summed E-state index contributed by atoms with van der Waals surface area (Å²) in [5, 5.41) is 1.25. The standard InChI is InChI=1S/C21H17ClN2O3S2/c1-3-27-17(25)11-24-14-9-8-12(2)10-16(14)29-21(24)23-20(26)19-18(22)13-6-4-5-7-15(13)28-19/h4-10H,3,11H2,1-2H3. The SMILES string of the molecule is CCOC(=O)Cn1c(=NC(=O)c2sc3ccccc3c2Cl)sc2cc(C)ccc21. The predicted molar refractivity (Wildman–Crippen MR) is 118 cm³/mol. The topological polar surface area (TPSA) is 60.7 Å². The molecule has 2 aromatic heterocycles. The Morgan fingerprint density at radius 1 is 1.14 bits per heavy atom. The minimum Gasteiger partial charge on any atom is -0.465 e. The lowest BCUT2D eigenvalue weighted by Crippen LogP contribution is -2.23. The highest BCUT2D eigenvalue weighted by atomic mass is 35.5. The van der Waals surface area contributed by atoms with Gasteiger partial charge in [0, 0.05) is 10.1 Å². The third-order valence-electron chi connectivity index (χ3n) is 4.36. The van der Waals surface area contributed by atoms with Crippen molar-refractivity contribution in [3.63, 3.8) is 0 Å². The van der Waals surface area contributed by atoms with E-state index in [1.165, 1.54) is 22.7 Å². The lowest BCUT2D eigenvalue weighted by molar-refractivity contribution is -0.143. The van der Waals surface area contributed by atoms with E-state index < -0.39 is 5.91 Å². The molecule has 0 radical (unpaired) electrons. The van der Waals surface area contributed by atoms with E-state index in [4.69, 9.17) is 16.3 Å². The van der Waals surface area contributed by atoms with Gasteiger partial charge in [-0.2, -0.15) is 4.99 Å². The number of thiazole rings is 1. The fourth-order valence-corrected chi connectivity index (χ4v) is 5.57. The van der Waals surface area contributed by atoms with Gasteiger partial charge < -0.3 is 9.30 Å². The van der Waals surface area contributed by atoms with Crippen LogP contribution in [0.3, 0.4) is 0 Å². The molecule has 4 aromatic rings. The third kappa shape index (κ3) is 3.85. The van der Waals surface area contributed by atoms with Crippen LogP contribution in [0.15, 0.2) is 47.5 Å². The van der Waals surface area contributed by atoms with Crippen LogP contribution in [0, 0.1) is 6.92 Å². The first-order valence-electron chi connectivity index (χ1n) is 8.99. The summed E-state index contributed by atoms with van der Waals surface area (Å²) >= 11 is 9.12. The van der Waals surface area contributed by atoms with Gasteiger partial charge in [-0.25, -0.2) is 0 Å². The number of carbonyl (C=O) groups excluding carboxylic acids is 2. The van der Waals surface area contributed by atoms with E-state index in [0.29, 0.717) is 21.3 Å². The summed E-state index contributed by atoms with van der Waals surface area (Å²) in [5.41, 5.74) is 1.93. The third-order valence-corrected chi connectivity index (χ3v) is 7.06. The maximum Gasteiger partial charge on any atom is 0.326 e. The van der Waals surface area contributed by atoms with Crippen molar-refractivity contribution >= 4 is 66.5 Å². The number of aryl methyl sites for hydroxylation is 1. The van der Waals surface area contributed by atoms with Gasteiger partial charge in [0.1, 0.15) is 11.4 Å². The summed E-state index contributed by atoms with van der Waals surface area (Å²) in [4.78, 5) is 30.2. The summed E-state index contributed by atoms with van der Waals surface area (Å²) in [6.07, 6.45) is 0. The lowest BCUT2D eigenvalue weighted by Gasteiger charge is -2.05. The Morgan fingerprint density at radius 3 is 2.69 bits per heavy atom. The normalized spacial score (nSPS) is 12.0. The highest BCUT2D eigenvalue weighted by Gasteiger charge is 2.18. The highest BCUT2D eigenvalue weighted by Crippen LogP contribution is 2.35. The molecule has 0 saturated heterocycles. The Kier molecular flexibility index (Phi) is 5.54. The van der Waals surface area contributed by atoms with Gasteiger partial charge in [0.25, 0.3) is 5.91 Å². The average molecular weight is 445 g/mol. The van der Waals surface area contributed by atoms with Gasteiger partial charge in [-0.15, -0.1) is 11.3 Å². The van der Waals surface area contributed by atoms with Crippen LogP contribution in [0.5, 0.6) is 0 Å². The molecule has 0 unspecified atom stereocenters. The number of halogens is 1. The van der Waals surface area contributed by atoms with Crippen LogP contribution >= 0.6 is 34.3 Å². The highest BCUT2D eigenvalue weighted by molar-refractivity contribution is 7.21. The van der Waals surface area contributed by atoms with E-state index in [-0.39, 0.29) is 12.5 Å². The molecule has 0 fully saturated rings. The fraction of sp³-hybridized carbons (Fsp3) is 0.190. The Morgan fingerprint density at radius 2 is 1.93 bits per heavy atom. The molecule has 148 valence electrons. The Hall–Kier alpha value is -2.48. The first-order valence-corrected chi connectivity index (χ1v) is 11.0. The number of carbonyl (C=O) groups is 2. The van der Waals surface area contributed by atoms with Crippen molar-refractivity contribution in [1.82, 2.24) is 4.57 Å². The van der Waals surface area contributed by atoms with Crippen molar-refractivity contribution in [1.29, 1.82) is 0 Å². The second-order valence-corrected chi connectivity index (χ2v) is 8.84. The molecule has 2 aromatic carbocycles. The molecular formula is C21H17ClN2O3S2. The first-order chi connectivity index (χ1) is 14.0. The number of hydrogen-bond donors (Lipinski definition) is 0. The maximum absolute atomic E-state index is 12.9. The van der Waals surface area contributed by atoms with Crippen molar-refractivity contribution in [3.05, 3.63) is 62.7 Å². The number of ether oxygens (including phenoxy) is 1. The van der Waals surface area contributed by atoms with Crippen molar-refractivity contribution in [2.75, 3.05) is 6.61 Å². The molecule has 2 heterocycles. The molecule has 0 spiro atoms. The van der Waals surface area contributed by atoms with Crippen LogP contribution < -0.4 is 4.80 Å². The molecule has 0 aliphatic heterocycles. The number of nitrogens with zero attached hydrogens (tertiary/aromatic N) is 2. The zero-order chi connectivity index (χ0) is 20.5. The van der Waals surface area contributed by atoms with Crippen LogP contribution in [0.2, 0.25) is 5.02 Å². The van der Waals surface area contributed by atoms with Gasteiger partial charge in [-0.1, -0.05) is 47.2 Å². The largest absolute Gasteiger partial charge is 0.465 e. The van der Waals surface area contributed by atoms with Crippen LogP contribution in [0.4, 0.5) is 0 Å². The molecule has 0 N–H and O–H groups in total. The molecule has 5 nitrogen and oxygen atoms in total. The van der Waals surface area contributed by atoms with Crippen LogP contribution in [0.1, 0.15) is 22.2 Å². The molecule has 29 heavy (non-hydrogen) atoms.